The highest BCUT2D eigenvalue weighted by Crippen LogP contribution is 2.29. The van der Waals surface area contributed by atoms with Crippen LogP contribution in [-0.2, 0) is 0 Å². The first-order valence-corrected chi connectivity index (χ1v) is 13.4. The smallest absolute Gasteiger partial charge is 0.163 e. The fraction of sp³-hybridized carbons (Fsp3) is 0.400. The molecule has 0 spiro atoms. The van der Waals surface area contributed by atoms with Crippen LogP contribution in [0.3, 0.4) is 0 Å². The monoisotopic (exact) mass is 378 g/mol. The first-order valence-electron chi connectivity index (χ1n) is 10.4. The molecule has 2 rings (SSSR count). The Morgan fingerprint density at radius 3 is 2.19 bits per heavy atom. The van der Waals surface area contributed by atoms with E-state index in [1.165, 1.54) is 30.9 Å². The van der Waals surface area contributed by atoms with E-state index in [4.69, 9.17) is 0 Å². The van der Waals surface area contributed by atoms with Gasteiger partial charge in [-0.2, -0.15) is 0 Å². The summed E-state index contributed by atoms with van der Waals surface area (Å²) >= 11 is 0. The van der Waals surface area contributed by atoms with E-state index in [1.54, 1.807) is 0 Å². The Labute approximate surface area is 166 Å². The summed E-state index contributed by atoms with van der Waals surface area (Å²) in [7, 11) is -1.79. The summed E-state index contributed by atoms with van der Waals surface area (Å²) in [6.07, 6.45) is 11.5. The van der Waals surface area contributed by atoms with Gasteiger partial charge in [0.15, 0.2) is 5.78 Å². The van der Waals surface area contributed by atoms with Gasteiger partial charge < -0.3 is 0 Å². The fourth-order valence-electron chi connectivity index (χ4n) is 3.54. The number of rotatable bonds is 11. The van der Waals surface area contributed by atoms with Crippen molar-refractivity contribution in [2.24, 2.45) is 0 Å². The number of unbranched alkanes of at least 4 members (excludes halogenated alkanes) is 4. The molecule has 144 valence electrons. The quantitative estimate of drug-likeness (QED) is 0.182. The predicted molar refractivity (Wildman–Crippen MR) is 121 cm³/mol. The van der Waals surface area contributed by atoms with Crippen molar-refractivity contribution in [1.29, 1.82) is 0 Å². The molecular formula is C25H34OSi. The minimum Gasteiger partial charge on any atom is -0.294 e. The van der Waals surface area contributed by atoms with Crippen LogP contribution in [0.5, 0.6) is 0 Å². The molecule has 0 amide bonds. The minimum absolute atomic E-state index is 0.257. The Bertz CT molecular complexity index is 704. The van der Waals surface area contributed by atoms with Crippen LogP contribution in [0.1, 0.15) is 55.8 Å². The van der Waals surface area contributed by atoms with Gasteiger partial charge in [0, 0.05) is 12.0 Å². The molecule has 0 saturated carbocycles. The van der Waals surface area contributed by atoms with Crippen molar-refractivity contribution in [3.05, 3.63) is 78.4 Å². The normalized spacial score (nSPS) is 13.0. The van der Waals surface area contributed by atoms with Crippen molar-refractivity contribution in [3.63, 3.8) is 0 Å². The number of allylic oxidation sites excluding steroid dienone is 2. The lowest BCUT2D eigenvalue weighted by Crippen LogP contribution is -2.46. The third-order valence-corrected chi connectivity index (χ3v) is 9.61. The first kappa shape index (κ1) is 21.4. The molecule has 0 heterocycles. The summed E-state index contributed by atoms with van der Waals surface area (Å²) in [6, 6.07) is 20.5. The van der Waals surface area contributed by atoms with Crippen molar-refractivity contribution < 1.29 is 4.79 Å². The largest absolute Gasteiger partial charge is 0.294 e. The Kier molecular flexibility index (Phi) is 8.73. The molecule has 0 aliphatic rings. The highest BCUT2D eigenvalue weighted by atomic mass is 28.3. The van der Waals surface area contributed by atoms with Gasteiger partial charge in [-0.3, -0.25) is 4.79 Å². The van der Waals surface area contributed by atoms with E-state index in [2.05, 4.69) is 62.5 Å². The molecule has 2 aromatic carbocycles. The lowest BCUT2D eigenvalue weighted by atomic mass is 10.1. The van der Waals surface area contributed by atoms with Crippen LogP contribution in [-0.4, -0.2) is 13.9 Å². The van der Waals surface area contributed by atoms with Gasteiger partial charge in [-0.25, -0.2) is 0 Å². The van der Waals surface area contributed by atoms with Gasteiger partial charge >= 0.3 is 0 Å². The minimum atomic E-state index is -1.79. The van der Waals surface area contributed by atoms with E-state index < -0.39 is 8.07 Å². The van der Waals surface area contributed by atoms with Gasteiger partial charge in [-0.15, -0.1) is 0 Å². The predicted octanol–water partition coefficient (Wildman–Crippen LogP) is 6.77. The molecule has 1 nitrogen and oxygen atoms in total. The van der Waals surface area contributed by atoms with Gasteiger partial charge in [-0.1, -0.05) is 117 Å². The Hall–Kier alpha value is -1.93. The van der Waals surface area contributed by atoms with E-state index in [9.17, 15) is 4.79 Å². The molecule has 0 radical (unpaired) electrons. The third kappa shape index (κ3) is 6.62. The van der Waals surface area contributed by atoms with Crippen LogP contribution in [0.15, 0.2) is 72.8 Å². The lowest BCUT2D eigenvalue weighted by Gasteiger charge is -2.31. The van der Waals surface area contributed by atoms with Crippen LogP contribution >= 0.6 is 0 Å². The van der Waals surface area contributed by atoms with Gasteiger partial charge in [0.2, 0.25) is 0 Å². The molecule has 0 saturated heterocycles. The lowest BCUT2D eigenvalue weighted by molar-refractivity contribution is 0.0983. The van der Waals surface area contributed by atoms with E-state index in [1.807, 2.05) is 30.3 Å². The zero-order valence-corrected chi connectivity index (χ0v) is 18.2. The summed E-state index contributed by atoms with van der Waals surface area (Å²) in [5, 5.41) is 1.42. The molecule has 0 bridgehead atoms. The second-order valence-electron chi connectivity index (χ2n) is 7.97. The number of ketones is 1. The maximum atomic E-state index is 12.9. The van der Waals surface area contributed by atoms with Crippen molar-refractivity contribution in [1.82, 2.24) is 0 Å². The second-order valence-corrected chi connectivity index (χ2v) is 12.7. The summed E-state index contributed by atoms with van der Waals surface area (Å²) in [4.78, 5) is 12.9. The van der Waals surface area contributed by atoms with Crippen molar-refractivity contribution in [2.75, 3.05) is 0 Å². The van der Waals surface area contributed by atoms with E-state index in [0.717, 1.165) is 12.0 Å². The highest BCUT2D eigenvalue weighted by molar-refractivity contribution is 6.91. The van der Waals surface area contributed by atoms with E-state index in [-0.39, 0.29) is 5.78 Å². The van der Waals surface area contributed by atoms with Crippen molar-refractivity contribution >= 4 is 19.0 Å². The number of hydrogen-bond acceptors (Lipinski definition) is 1. The maximum Gasteiger partial charge on any atom is 0.163 e. The number of Topliss-reactive ketones (excluding diaryl/α,β-unsaturated/α-hetero) is 1. The Balaban J connectivity index is 2.15. The second kappa shape index (κ2) is 11.0. The molecule has 0 aliphatic carbocycles. The van der Waals surface area contributed by atoms with Crippen LogP contribution in [0.25, 0.3) is 0 Å². The van der Waals surface area contributed by atoms with E-state index >= 15 is 0 Å². The summed E-state index contributed by atoms with van der Waals surface area (Å²) in [6.45, 7) is 7.04. The molecule has 2 heteroatoms. The summed E-state index contributed by atoms with van der Waals surface area (Å²) in [5.74, 6) is 0.257. The van der Waals surface area contributed by atoms with Crippen molar-refractivity contribution in [3.8, 4) is 0 Å². The SMILES string of the molecule is CCCCCC/C=C\[C@H](CC(=O)c1ccccc1)[Si](C)(C)c1ccccc1. The third-order valence-electron chi connectivity index (χ3n) is 5.54. The van der Waals surface area contributed by atoms with Gasteiger partial charge in [0.1, 0.15) is 0 Å². The molecule has 0 aliphatic heterocycles. The van der Waals surface area contributed by atoms with Crippen molar-refractivity contribution in [2.45, 2.75) is 64.1 Å². The number of carbonyl (C=O) groups excluding carboxylic acids is 1. The van der Waals surface area contributed by atoms with E-state index in [0.29, 0.717) is 12.0 Å². The fourth-order valence-corrected chi connectivity index (χ4v) is 6.33. The van der Waals surface area contributed by atoms with Gasteiger partial charge in [0.05, 0.1) is 8.07 Å². The van der Waals surface area contributed by atoms with Crippen LogP contribution in [0.2, 0.25) is 18.6 Å². The first-order chi connectivity index (χ1) is 13.1. The highest BCUT2D eigenvalue weighted by Gasteiger charge is 2.33. The van der Waals surface area contributed by atoms with Gasteiger partial charge in [0.25, 0.3) is 0 Å². The molecule has 1 atom stereocenters. The number of benzene rings is 2. The van der Waals surface area contributed by atoms with Crippen LogP contribution in [0, 0.1) is 0 Å². The number of hydrogen-bond donors (Lipinski definition) is 0. The summed E-state index contributed by atoms with van der Waals surface area (Å²) < 4.78 is 0. The zero-order chi connectivity index (χ0) is 19.5. The molecule has 2 aromatic rings. The molecule has 0 N–H and O–H groups in total. The van der Waals surface area contributed by atoms with Crippen LogP contribution in [0.4, 0.5) is 0 Å². The average Bonchev–Trinajstić information content (AvgIpc) is 2.70. The average molecular weight is 379 g/mol. The Morgan fingerprint density at radius 1 is 0.926 bits per heavy atom. The topological polar surface area (TPSA) is 17.1 Å². The maximum absolute atomic E-state index is 12.9. The standard InChI is InChI=1S/C25H34OSi/c1-4-5-6-7-8-13-20-24(21-25(26)22-16-11-9-12-17-22)27(2,3)23-18-14-10-15-19-23/h9-20,24H,4-8,21H2,1-3H3/b20-13-/t24-/m1/s1. The molecule has 27 heavy (non-hydrogen) atoms. The summed E-state index contributed by atoms with van der Waals surface area (Å²) in [5.41, 5.74) is 1.15. The molecule has 0 fully saturated rings. The zero-order valence-electron chi connectivity index (χ0n) is 17.2. The molecule has 0 unspecified atom stereocenters. The molecule has 0 aromatic heterocycles. The van der Waals surface area contributed by atoms with Gasteiger partial charge in [-0.05, 0) is 18.4 Å². The number of carbonyl (C=O) groups is 1. The van der Waals surface area contributed by atoms with Crippen LogP contribution < -0.4 is 5.19 Å². The Morgan fingerprint density at radius 2 is 1.56 bits per heavy atom. The molecular weight excluding hydrogens is 344 g/mol.